The summed E-state index contributed by atoms with van der Waals surface area (Å²) in [5.74, 6) is 0.320. The van der Waals surface area contributed by atoms with Gasteiger partial charge in [0.25, 0.3) is 0 Å². The normalized spacial score (nSPS) is 34.6. The van der Waals surface area contributed by atoms with Crippen LogP contribution < -0.4 is 10.6 Å². The van der Waals surface area contributed by atoms with E-state index in [2.05, 4.69) is 10.6 Å². The number of nitrogens with one attached hydrogen (secondary N) is 2. The molecule has 2 amide bonds. The molecule has 0 aromatic rings. The quantitative estimate of drug-likeness (QED) is 0.685. The summed E-state index contributed by atoms with van der Waals surface area (Å²) >= 11 is 0. The first-order chi connectivity index (χ1) is 7.66. The predicted octanol–water partition coefficient (Wildman–Crippen LogP) is -0.194. The summed E-state index contributed by atoms with van der Waals surface area (Å²) in [6.07, 6.45) is 1.85. The van der Waals surface area contributed by atoms with E-state index in [1.165, 1.54) is 0 Å². The van der Waals surface area contributed by atoms with Crippen molar-refractivity contribution in [3.8, 4) is 0 Å². The maximum absolute atomic E-state index is 11.9. The maximum atomic E-state index is 11.9. The van der Waals surface area contributed by atoms with Gasteiger partial charge in [-0.25, -0.2) is 0 Å². The van der Waals surface area contributed by atoms with Crippen molar-refractivity contribution in [2.24, 2.45) is 5.92 Å². The summed E-state index contributed by atoms with van der Waals surface area (Å²) in [6.45, 7) is 3.23. The van der Waals surface area contributed by atoms with Crippen molar-refractivity contribution in [1.29, 1.82) is 0 Å². The van der Waals surface area contributed by atoms with Gasteiger partial charge in [-0.2, -0.15) is 0 Å². The zero-order valence-electron chi connectivity index (χ0n) is 9.49. The molecule has 2 rings (SSSR count). The Hall–Kier alpha value is -1.10. The summed E-state index contributed by atoms with van der Waals surface area (Å²) in [7, 11) is 0. The minimum atomic E-state index is -0.308. The van der Waals surface area contributed by atoms with Crippen LogP contribution in [0.25, 0.3) is 0 Å². The molecule has 0 radical (unpaired) electrons. The molecule has 0 aromatic heterocycles. The molecule has 2 heterocycles. The van der Waals surface area contributed by atoms with E-state index < -0.39 is 0 Å². The lowest BCUT2D eigenvalue weighted by atomic mass is 10.0. The van der Waals surface area contributed by atoms with Gasteiger partial charge in [-0.15, -0.1) is 0 Å². The smallest absolute Gasteiger partial charge is 0.249 e. The van der Waals surface area contributed by atoms with Gasteiger partial charge >= 0.3 is 0 Å². The summed E-state index contributed by atoms with van der Waals surface area (Å²) in [5, 5.41) is 5.68. The van der Waals surface area contributed by atoms with Gasteiger partial charge in [0.2, 0.25) is 11.8 Å². The zero-order chi connectivity index (χ0) is 11.5. The standard InChI is InChI=1S/C11H18N2O3/c1-7-4-5-16-10(7)11(15)13-8-2-3-9(14)12-6-8/h7-8,10H,2-6H2,1H3,(H,12,14)(H,13,15). The van der Waals surface area contributed by atoms with E-state index in [1.54, 1.807) is 0 Å². The molecule has 5 heteroatoms. The molecule has 0 aromatic carbocycles. The molecule has 2 saturated heterocycles. The number of piperidine rings is 1. The molecule has 5 nitrogen and oxygen atoms in total. The van der Waals surface area contributed by atoms with Crippen LogP contribution in [0.5, 0.6) is 0 Å². The zero-order valence-corrected chi connectivity index (χ0v) is 9.49. The summed E-state index contributed by atoms with van der Waals surface area (Å²) in [5.41, 5.74) is 0. The van der Waals surface area contributed by atoms with E-state index in [1.807, 2.05) is 6.92 Å². The molecule has 2 aliphatic rings. The first-order valence-electron chi connectivity index (χ1n) is 5.85. The molecular weight excluding hydrogens is 208 g/mol. The highest BCUT2D eigenvalue weighted by atomic mass is 16.5. The van der Waals surface area contributed by atoms with Crippen molar-refractivity contribution in [2.75, 3.05) is 13.2 Å². The molecule has 0 saturated carbocycles. The third kappa shape index (κ3) is 2.52. The molecule has 3 unspecified atom stereocenters. The first kappa shape index (κ1) is 11.4. The Kier molecular flexibility index (Phi) is 3.43. The van der Waals surface area contributed by atoms with Gasteiger partial charge in [-0.1, -0.05) is 6.92 Å². The maximum Gasteiger partial charge on any atom is 0.249 e. The Labute approximate surface area is 94.9 Å². The molecule has 3 atom stereocenters. The number of rotatable bonds is 2. The van der Waals surface area contributed by atoms with E-state index in [9.17, 15) is 9.59 Å². The van der Waals surface area contributed by atoms with Crippen molar-refractivity contribution in [1.82, 2.24) is 10.6 Å². The van der Waals surface area contributed by atoms with Gasteiger partial charge in [0.05, 0.1) is 0 Å². The predicted molar refractivity (Wildman–Crippen MR) is 57.7 cm³/mol. The fourth-order valence-corrected chi connectivity index (χ4v) is 2.17. The Bertz CT molecular complexity index is 283. The topological polar surface area (TPSA) is 67.4 Å². The lowest BCUT2D eigenvalue weighted by Gasteiger charge is -2.25. The summed E-state index contributed by atoms with van der Waals surface area (Å²) in [6, 6.07) is 0.0570. The van der Waals surface area contributed by atoms with Crippen molar-refractivity contribution >= 4 is 11.8 Å². The van der Waals surface area contributed by atoms with Crippen molar-refractivity contribution in [3.63, 3.8) is 0 Å². The van der Waals surface area contributed by atoms with Gasteiger partial charge < -0.3 is 15.4 Å². The van der Waals surface area contributed by atoms with Crippen LogP contribution in [0.2, 0.25) is 0 Å². The highest BCUT2D eigenvalue weighted by Crippen LogP contribution is 2.20. The van der Waals surface area contributed by atoms with E-state index >= 15 is 0 Å². The van der Waals surface area contributed by atoms with Crippen LogP contribution >= 0.6 is 0 Å². The number of hydrogen-bond acceptors (Lipinski definition) is 3. The van der Waals surface area contributed by atoms with Crippen molar-refractivity contribution < 1.29 is 14.3 Å². The lowest BCUT2D eigenvalue weighted by Crippen LogP contribution is -2.50. The third-order valence-corrected chi connectivity index (χ3v) is 3.26. The average molecular weight is 226 g/mol. The van der Waals surface area contributed by atoms with E-state index in [4.69, 9.17) is 4.74 Å². The fourth-order valence-electron chi connectivity index (χ4n) is 2.17. The molecule has 2 aliphatic heterocycles. The number of carbonyl (C=O) groups is 2. The van der Waals surface area contributed by atoms with Gasteiger partial charge in [0, 0.05) is 25.6 Å². The van der Waals surface area contributed by atoms with Crippen molar-refractivity contribution in [3.05, 3.63) is 0 Å². The minimum Gasteiger partial charge on any atom is -0.368 e. The summed E-state index contributed by atoms with van der Waals surface area (Å²) in [4.78, 5) is 22.8. The fraction of sp³-hybridized carbons (Fsp3) is 0.818. The van der Waals surface area contributed by atoms with Crippen LogP contribution in [0.3, 0.4) is 0 Å². The van der Waals surface area contributed by atoms with Gasteiger partial charge in [0.15, 0.2) is 0 Å². The SMILES string of the molecule is CC1CCOC1C(=O)NC1CCC(=O)NC1. The monoisotopic (exact) mass is 226 g/mol. The molecule has 0 aliphatic carbocycles. The number of carbonyl (C=O) groups excluding carboxylic acids is 2. The second-order valence-electron chi connectivity index (χ2n) is 4.61. The molecule has 0 bridgehead atoms. The van der Waals surface area contributed by atoms with E-state index in [0.717, 1.165) is 12.8 Å². The van der Waals surface area contributed by atoms with Crippen molar-refractivity contribution in [2.45, 2.75) is 38.3 Å². The van der Waals surface area contributed by atoms with E-state index in [0.29, 0.717) is 19.6 Å². The second-order valence-corrected chi connectivity index (χ2v) is 4.61. The number of amides is 2. The Morgan fingerprint density at radius 2 is 2.31 bits per heavy atom. The number of ether oxygens (including phenoxy) is 1. The highest BCUT2D eigenvalue weighted by Gasteiger charge is 2.32. The molecular formula is C11H18N2O3. The van der Waals surface area contributed by atoms with Crippen LogP contribution in [0, 0.1) is 5.92 Å². The molecule has 2 fully saturated rings. The molecule has 2 N–H and O–H groups in total. The van der Waals surface area contributed by atoms with Crippen LogP contribution in [0.4, 0.5) is 0 Å². The van der Waals surface area contributed by atoms with Crippen LogP contribution in [0.1, 0.15) is 26.2 Å². The number of hydrogen-bond donors (Lipinski definition) is 2. The third-order valence-electron chi connectivity index (χ3n) is 3.26. The molecule has 16 heavy (non-hydrogen) atoms. The average Bonchev–Trinajstić information content (AvgIpc) is 2.68. The lowest BCUT2D eigenvalue weighted by molar-refractivity contribution is -0.133. The minimum absolute atomic E-state index is 0.0360. The van der Waals surface area contributed by atoms with Gasteiger partial charge in [-0.05, 0) is 18.8 Å². The first-order valence-corrected chi connectivity index (χ1v) is 5.85. The molecule has 90 valence electrons. The Morgan fingerprint density at radius 1 is 1.50 bits per heavy atom. The van der Waals surface area contributed by atoms with Crippen LogP contribution in [-0.2, 0) is 14.3 Å². The highest BCUT2D eigenvalue weighted by molar-refractivity contribution is 5.82. The van der Waals surface area contributed by atoms with Gasteiger partial charge in [-0.3, -0.25) is 9.59 Å². The molecule has 0 spiro atoms. The van der Waals surface area contributed by atoms with Crippen LogP contribution in [0.15, 0.2) is 0 Å². The Morgan fingerprint density at radius 3 is 2.88 bits per heavy atom. The summed E-state index contributed by atoms with van der Waals surface area (Å²) < 4.78 is 5.39. The van der Waals surface area contributed by atoms with Gasteiger partial charge in [0.1, 0.15) is 6.10 Å². The van der Waals surface area contributed by atoms with Crippen LogP contribution in [-0.4, -0.2) is 37.1 Å². The Balaban J connectivity index is 1.80. The second kappa shape index (κ2) is 4.82. The largest absolute Gasteiger partial charge is 0.368 e. The van der Waals surface area contributed by atoms with E-state index in [-0.39, 0.29) is 29.9 Å².